The Balaban J connectivity index is 1.41. The van der Waals surface area contributed by atoms with E-state index >= 15 is 0 Å². The van der Waals surface area contributed by atoms with Gasteiger partial charge in [-0.3, -0.25) is 0 Å². The van der Waals surface area contributed by atoms with E-state index in [4.69, 9.17) is 0 Å². The van der Waals surface area contributed by atoms with E-state index in [1.54, 1.807) is 0 Å². The van der Waals surface area contributed by atoms with Crippen molar-refractivity contribution >= 4 is 21.8 Å². The Labute approximate surface area is 197 Å². The highest BCUT2D eigenvalue weighted by Gasteiger charge is 2.29. The molecule has 5 aromatic carbocycles. The van der Waals surface area contributed by atoms with Crippen LogP contribution in [0.1, 0.15) is 33.4 Å². The summed E-state index contributed by atoms with van der Waals surface area (Å²) in [5.74, 6) is 0. The van der Waals surface area contributed by atoms with Crippen LogP contribution >= 0.6 is 0 Å². The lowest BCUT2D eigenvalue weighted by Crippen LogP contribution is -2.08. The molecule has 3 aliphatic rings. The molecule has 2 aliphatic carbocycles. The van der Waals surface area contributed by atoms with Crippen LogP contribution < -0.4 is 0 Å². The van der Waals surface area contributed by atoms with Gasteiger partial charge in [-0.15, -0.1) is 0 Å². The fourth-order valence-electron chi connectivity index (χ4n) is 7.01. The number of hydrogen-bond acceptors (Lipinski definition) is 0. The van der Waals surface area contributed by atoms with E-state index < -0.39 is 0 Å². The second kappa shape index (κ2) is 5.87. The molecule has 0 unspecified atom stereocenters. The van der Waals surface area contributed by atoms with E-state index in [-0.39, 0.29) is 0 Å². The number of rotatable bonds is 0. The standard InChI is InChI=1S/C33H21N/c1-3-9-25-19(6-1)15-23-18-30-24(17-28(23)25)16-22-8-5-11-27-32-29(34(30)33(22)27)13-12-21-14-20-7-2-4-10-26(20)31(21)32/h1-13,17-18H,14-16H2. The second-order valence-electron chi connectivity index (χ2n) is 10.1. The van der Waals surface area contributed by atoms with Crippen LogP contribution in [0, 0.1) is 0 Å². The van der Waals surface area contributed by atoms with Crippen molar-refractivity contribution in [1.82, 2.24) is 4.57 Å². The molecule has 0 spiro atoms. The van der Waals surface area contributed by atoms with Gasteiger partial charge in [0.15, 0.2) is 0 Å². The Morgan fingerprint density at radius 1 is 0.500 bits per heavy atom. The van der Waals surface area contributed by atoms with Crippen LogP contribution in [0.5, 0.6) is 0 Å². The molecule has 1 nitrogen and oxygen atoms in total. The topological polar surface area (TPSA) is 4.93 Å². The summed E-state index contributed by atoms with van der Waals surface area (Å²) in [6.45, 7) is 0. The first-order valence-corrected chi connectivity index (χ1v) is 12.3. The summed E-state index contributed by atoms with van der Waals surface area (Å²) in [4.78, 5) is 0. The van der Waals surface area contributed by atoms with Crippen LogP contribution in [0.15, 0.2) is 91.0 Å². The molecule has 0 saturated carbocycles. The van der Waals surface area contributed by atoms with Gasteiger partial charge in [-0.1, -0.05) is 72.8 Å². The van der Waals surface area contributed by atoms with E-state index in [0.717, 1.165) is 19.3 Å². The number of fused-ring (bicyclic) bond motifs is 12. The Kier molecular flexibility index (Phi) is 3.00. The lowest BCUT2D eigenvalue weighted by Gasteiger charge is -2.22. The zero-order chi connectivity index (χ0) is 22.0. The summed E-state index contributed by atoms with van der Waals surface area (Å²) in [7, 11) is 0. The van der Waals surface area contributed by atoms with Crippen molar-refractivity contribution < 1.29 is 0 Å². The summed E-state index contributed by atoms with van der Waals surface area (Å²) in [6, 6.07) is 34.5. The summed E-state index contributed by atoms with van der Waals surface area (Å²) in [5.41, 5.74) is 18.5. The number of hydrogen-bond donors (Lipinski definition) is 0. The first-order valence-electron chi connectivity index (χ1n) is 12.3. The molecule has 6 aromatic rings. The first kappa shape index (κ1) is 17.4. The first-order chi connectivity index (χ1) is 16.8. The number of benzene rings is 5. The fourth-order valence-corrected chi connectivity index (χ4v) is 7.01. The molecule has 0 fully saturated rings. The van der Waals surface area contributed by atoms with Crippen molar-refractivity contribution in [2.45, 2.75) is 19.3 Å². The van der Waals surface area contributed by atoms with Crippen LogP contribution in [0.3, 0.4) is 0 Å². The van der Waals surface area contributed by atoms with Gasteiger partial charge in [0.2, 0.25) is 0 Å². The maximum Gasteiger partial charge on any atom is 0.0576 e. The molecular weight excluding hydrogens is 410 g/mol. The van der Waals surface area contributed by atoms with Gasteiger partial charge in [0.25, 0.3) is 0 Å². The zero-order valence-corrected chi connectivity index (χ0v) is 18.7. The lowest BCUT2D eigenvalue weighted by atomic mass is 9.93. The highest BCUT2D eigenvalue weighted by atomic mass is 15.0. The van der Waals surface area contributed by atoms with E-state index in [0.29, 0.717) is 0 Å². The second-order valence-corrected chi connectivity index (χ2v) is 10.1. The molecule has 0 N–H and O–H groups in total. The maximum absolute atomic E-state index is 2.57. The molecule has 0 saturated heterocycles. The molecular formula is C33H21N. The smallest absolute Gasteiger partial charge is 0.0576 e. The summed E-state index contributed by atoms with van der Waals surface area (Å²) in [6.07, 6.45) is 3.07. The predicted molar refractivity (Wildman–Crippen MR) is 140 cm³/mol. The summed E-state index contributed by atoms with van der Waals surface area (Å²) >= 11 is 0. The molecule has 34 heavy (non-hydrogen) atoms. The van der Waals surface area contributed by atoms with Gasteiger partial charge in [-0.05, 0) is 86.7 Å². The maximum atomic E-state index is 2.57. The Bertz CT molecular complexity index is 1880. The van der Waals surface area contributed by atoms with Crippen molar-refractivity contribution in [3.8, 4) is 27.9 Å². The molecule has 2 heterocycles. The van der Waals surface area contributed by atoms with Crippen LogP contribution in [0.2, 0.25) is 0 Å². The Morgan fingerprint density at radius 2 is 1.24 bits per heavy atom. The van der Waals surface area contributed by atoms with Crippen LogP contribution in [-0.4, -0.2) is 4.57 Å². The average Bonchev–Trinajstić information content (AvgIpc) is 3.53. The number of para-hydroxylation sites is 1. The predicted octanol–water partition coefficient (Wildman–Crippen LogP) is 7.83. The van der Waals surface area contributed by atoms with Gasteiger partial charge >= 0.3 is 0 Å². The van der Waals surface area contributed by atoms with E-state index in [1.807, 2.05) is 0 Å². The van der Waals surface area contributed by atoms with Gasteiger partial charge in [-0.25, -0.2) is 0 Å². The van der Waals surface area contributed by atoms with Gasteiger partial charge in [-0.2, -0.15) is 0 Å². The summed E-state index contributed by atoms with van der Waals surface area (Å²) < 4.78 is 2.57. The monoisotopic (exact) mass is 431 g/mol. The van der Waals surface area contributed by atoms with Gasteiger partial charge in [0.05, 0.1) is 16.7 Å². The minimum atomic E-state index is 0.997. The van der Waals surface area contributed by atoms with Gasteiger partial charge < -0.3 is 4.57 Å². The van der Waals surface area contributed by atoms with Crippen LogP contribution in [0.25, 0.3) is 49.7 Å². The van der Waals surface area contributed by atoms with Crippen molar-refractivity contribution in [3.05, 3.63) is 124 Å². The van der Waals surface area contributed by atoms with Gasteiger partial charge in [0.1, 0.15) is 0 Å². The van der Waals surface area contributed by atoms with Crippen LogP contribution in [0.4, 0.5) is 0 Å². The SMILES string of the molecule is c1ccc2c(c1)Cc1cc3c(cc1-2)Cc1cccc2c4c5c(ccc4n-3c12)Cc1ccccc1-5. The summed E-state index contributed by atoms with van der Waals surface area (Å²) in [5, 5.41) is 2.83. The number of aromatic nitrogens is 1. The van der Waals surface area contributed by atoms with E-state index in [9.17, 15) is 0 Å². The number of nitrogens with zero attached hydrogens (tertiary/aromatic N) is 1. The highest BCUT2D eigenvalue weighted by molar-refractivity contribution is 6.18. The highest BCUT2D eigenvalue weighted by Crippen LogP contribution is 2.49. The molecule has 158 valence electrons. The normalized spacial score (nSPS) is 14.1. The third kappa shape index (κ3) is 1.98. The van der Waals surface area contributed by atoms with Crippen molar-refractivity contribution in [1.29, 1.82) is 0 Å². The minimum absolute atomic E-state index is 0.997. The quantitative estimate of drug-likeness (QED) is 0.231. The van der Waals surface area contributed by atoms with Crippen molar-refractivity contribution in [2.24, 2.45) is 0 Å². The third-order valence-electron chi connectivity index (χ3n) is 8.41. The van der Waals surface area contributed by atoms with Crippen LogP contribution in [-0.2, 0) is 19.3 Å². The van der Waals surface area contributed by atoms with E-state index in [1.165, 1.54) is 83.1 Å². The molecule has 1 heteroatoms. The molecule has 0 radical (unpaired) electrons. The minimum Gasteiger partial charge on any atom is -0.309 e. The van der Waals surface area contributed by atoms with Gasteiger partial charge in [0, 0.05) is 17.2 Å². The molecule has 0 atom stereocenters. The Hall–Kier alpha value is -4.10. The zero-order valence-electron chi connectivity index (χ0n) is 18.7. The fraction of sp³-hybridized carbons (Fsp3) is 0.0909. The lowest BCUT2D eigenvalue weighted by molar-refractivity contribution is 1.04. The molecule has 0 amide bonds. The molecule has 1 aliphatic heterocycles. The van der Waals surface area contributed by atoms with E-state index in [2.05, 4.69) is 95.6 Å². The largest absolute Gasteiger partial charge is 0.309 e. The molecule has 0 bridgehead atoms. The third-order valence-corrected chi connectivity index (χ3v) is 8.41. The Morgan fingerprint density at radius 3 is 2.15 bits per heavy atom. The molecule has 9 rings (SSSR count). The average molecular weight is 432 g/mol. The van der Waals surface area contributed by atoms with Crippen molar-refractivity contribution in [2.75, 3.05) is 0 Å². The van der Waals surface area contributed by atoms with Crippen molar-refractivity contribution in [3.63, 3.8) is 0 Å². The molecule has 1 aromatic heterocycles.